The Balaban J connectivity index is 1.40. The second kappa shape index (κ2) is 8.27. The molecule has 1 N–H and O–H groups in total. The van der Waals surface area contributed by atoms with Crippen LogP contribution >= 0.6 is 23.1 Å². The molecule has 4 rings (SSSR count). The summed E-state index contributed by atoms with van der Waals surface area (Å²) in [6.07, 6.45) is 5.24. The Morgan fingerprint density at radius 3 is 2.93 bits per heavy atom. The molecule has 1 aliphatic heterocycles. The fourth-order valence-corrected chi connectivity index (χ4v) is 8.36. The van der Waals surface area contributed by atoms with Crippen molar-refractivity contribution in [1.29, 1.82) is 0 Å². The van der Waals surface area contributed by atoms with Crippen molar-refractivity contribution in [3.63, 3.8) is 0 Å². The van der Waals surface area contributed by atoms with Gasteiger partial charge in [0.05, 0.1) is 27.7 Å². The van der Waals surface area contributed by atoms with Crippen LogP contribution in [0.1, 0.15) is 43.6 Å². The maximum absolute atomic E-state index is 12.4. The molecule has 2 aliphatic rings. The number of sulfone groups is 1. The molecule has 0 radical (unpaired) electrons. The second-order valence-corrected chi connectivity index (χ2v) is 12.9. The van der Waals surface area contributed by atoms with Crippen LogP contribution in [-0.2, 0) is 34.5 Å². The quantitative estimate of drug-likeness (QED) is 0.655. The number of rotatable bonds is 6. The van der Waals surface area contributed by atoms with Crippen LogP contribution in [0.15, 0.2) is 11.2 Å². The van der Waals surface area contributed by atoms with E-state index in [9.17, 15) is 13.2 Å². The minimum Gasteiger partial charge on any atom is -0.349 e. The normalized spacial score (nSPS) is 25.2. The van der Waals surface area contributed by atoms with E-state index in [0.29, 0.717) is 11.6 Å². The molecule has 1 aliphatic carbocycles. The zero-order valence-corrected chi connectivity index (χ0v) is 20.1. The first-order valence-corrected chi connectivity index (χ1v) is 14.0. The molecular weight excluding hydrogens is 440 g/mol. The van der Waals surface area contributed by atoms with E-state index in [1.807, 2.05) is 11.6 Å². The van der Waals surface area contributed by atoms with E-state index in [0.717, 1.165) is 29.5 Å². The third-order valence-electron chi connectivity index (χ3n) is 6.09. The lowest BCUT2D eigenvalue weighted by atomic mass is 9.87. The van der Waals surface area contributed by atoms with E-state index in [2.05, 4.69) is 28.5 Å². The highest BCUT2D eigenvalue weighted by atomic mass is 32.2. The molecule has 3 heterocycles. The van der Waals surface area contributed by atoms with Gasteiger partial charge in [0.25, 0.3) is 0 Å². The van der Waals surface area contributed by atoms with Crippen LogP contribution < -0.4 is 5.32 Å². The van der Waals surface area contributed by atoms with E-state index < -0.39 is 15.4 Å². The van der Waals surface area contributed by atoms with Gasteiger partial charge in [0, 0.05) is 11.9 Å². The molecule has 1 amide bonds. The Bertz CT molecular complexity index is 1060. The number of nitrogens with zero attached hydrogens (tertiary/aromatic N) is 3. The molecule has 2 unspecified atom stereocenters. The Morgan fingerprint density at radius 2 is 2.23 bits per heavy atom. The molecular formula is C20H28N4O3S3. The van der Waals surface area contributed by atoms with Gasteiger partial charge in [-0.05, 0) is 50.2 Å². The highest BCUT2D eigenvalue weighted by Crippen LogP contribution is 2.38. The van der Waals surface area contributed by atoms with Gasteiger partial charge in [-0.25, -0.2) is 8.42 Å². The second-order valence-electron chi connectivity index (χ2n) is 8.68. The number of hydrogen-bond acceptors (Lipinski definition) is 7. The predicted octanol–water partition coefficient (Wildman–Crippen LogP) is 2.84. The smallest absolute Gasteiger partial charge is 0.230 e. The Kier molecular flexibility index (Phi) is 6.02. The number of hydrogen-bond donors (Lipinski definition) is 1. The van der Waals surface area contributed by atoms with Crippen LogP contribution in [0.25, 0.3) is 10.7 Å². The zero-order valence-electron chi connectivity index (χ0n) is 17.6. The largest absolute Gasteiger partial charge is 0.349 e. The predicted molar refractivity (Wildman–Crippen MR) is 121 cm³/mol. The summed E-state index contributed by atoms with van der Waals surface area (Å²) in [5.41, 5.74) is 0.776. The lowest BCUT2D eigenvalue weighted by molar-refractivity contribution is -0.120. The fraction of sp³-hybridized carbons (Fsp3) is 0.650. The van der Waals surface area contributed by atoms with E-state index in [1.165, 1.54) is 35.0 Å². The van der Waals surface area contributed by atoms with Crippen molar-refractivity contribution in [2.24, 2.45) is 13.0 Å². The van der Waals surface area contributed by atoms with Crippen LogP contribution in [0, 0.1) is 5.92 Å². The average molecular weight is 469 g/mol. The number of thioether (sulfide) groups is 1. The van der Waals surface area contributed by atoms with Gasteiger partial charge in [0.1, 0.15) is 0 Å². The molecule has 2 aromatic heterocycles. The molecule has 0 bridgehead atoms. The third kappa shape index (κ3) is 4.60. The minimum atomic E-state index is -3.05. The van der Waals surface area contributed by atoms with Crippen molar-refractivity contribution in [1.82, 2.24) is 20.1 Å². The van der Waals surface area contributed by atoms with Gasteiger partial charge in [-0.3, -0.25) is 4.79 Å². The number of nitrogens with one attached hydrogen (secondary N) is 1. The number of aromatic nitrogens is 3. The highest BCUT2D eigenvalue weighted by Gasteiger charge is 2.39. The lowest BCUT2D eigenvalue weighted by Crippen LogP contribution is -2.47. The Hall–Kier alpha value is -1.39. The van der Waals surface area contributed by atoms with Crippen molar-refractivity contribution in [2.45, 2.75) is 56.6 Å². The molecule has 7 nitrogen and oxygen atoms in total. The van der Waals surface area contributed by atoms with Gasteiger partial charge < -0.3 is 9.88 Å². The van der Waals surface area contributed by atoms with Crippen molar-refractivity contribution in [2.75, 3.05) is 17.3 Å². The molecule has 1 fully saturated rings. The summed E-state index contributed by atoms with van der Waals surface area (Å²) in [6, 6.07) is 2.26. The fourth-order valence-electron chi connectivity index (χ4n) is 4.32. The van der Waals surface area contributed by atoms with E-state index in [-0.39, 0.29) is 23.2 Å². The molecule has 10 heteroatoms. The summed E-state index contributed by atoms with van der Waals surface area (Å²) in [5.74, 6) is 1.75. The van der Waals surface area contributed by atoms with Crippen molar-refractivity contribution in [3.05, 3.63) is 16.5 Å². The number of aryl methyl sites for hydroxylation is 1. The van der Waals surface area contributed by atoms with Crippen LogP contribution in [0.4, 0.5) is 0 Å². The van der Waals surface area contributed by atoms with Crippen LogP contribution in [-0.4, -0.2) is 51.9 Å². The molecule has 2 atom stereocenters. The molecule has 0 aromatic carbocycles. The molecule has 1 saturated heterocycles. The number of fused-ring (bicyclic) bond motifs is 1. The van der Waals surface area contributed by atoms with E-state index in [1.54, 1.807) is 18.3 Å². The first kappa shape index (κ1) is 21.8. The van der Waals surface area contributed by atoms with Gasteiger partial charge >= 0.3 is 0 Å². The van der Waals surface area contributed by atoms with Gasteiger partial charge in [-0.15, -0.1) is 21.5 Å². The topological polar surface area (TPSA) is 94.0 Å². The van der Waals surface area contributed by atoms with Crippen molar-refractivity contribution >= 4 is 38.8 Å². The summed E-state index contributed by atoms with van der Waals surface area (Å²) >= 11 is 3.13. The Morgan fingerprint density at radius 1 is 1.43 bits per heavy atom. The summed E-state index contributed by atoms with van der Waals surface area (Å²) in [5, 5.41) is 12.2. The van der Waals surface area contributed by atoms with Crippen LogP contribution in [0.3, 0.4) is 0 Å². The molecule has 0 spiro atoms. The average Bonchev–Trinajstić information content (AvgIpc) is 3.34. The number of thiophene rings is 1. The molecule has 30 heavy (non-hydrogen) atoms. The van der Waals surface area contributed by atoms with Gasteiger partial charge in [0.15, 0.2) is 20.8 Å². The monoisotopic (exact) mass is 468 g/mol. The number of carbonyl (C=O) groups excluding carboxylic acids is 1. The van der Waals surface area contributed by atoms with Crippen molar-refractivity contribution < 1.29 is 13.2 Å². The SMILES string of the molecule is CCC1CCc2sc(-c3nnc(SCC(=O)NC4(C)CCS(=O)(=O)C4)n3C)cc2C1. The lowest BCUT2D eigenvalue weighted by Gasteiger charge is -2.23. The van der Waals surface area contributed by atoms with Crippen molar-refractivity contribution in [3.8, 4) is 10.7 Å². The molecule has 164 valence electrons. The van der Waals surface area contributed by atoms with Gasteiger partial charge in [-0.2, -0.15) is 0 Å². The summed E-state index contributed by atoms with van der Waals surface area (Å²) in [4.78, 5) is 15.0. The first-order chi connectivity index (χ1) is 14.2. The van der Waals surface area contributed by atoms with Crippen LogP contribution in [0.5, 0.6) is 0 Å². The highest BCUT2D eigenvalue weighted by molar-refractivity contribution is 7.99. The molecule has 2 aromatic rings. The third-order valence-corrected chi connectivity index (χ3v) is 10.3. The summed E-state index contributed by atoms with van der Waals surface area (Å²) in [6.45, 7) is 4.06. The van der Waals surface area contributed by atoms with Gasteiger partial charge in [0.2, 0.25) is 5.91 Å². The van der Waals surface area contributed by atoms with E-state index in [4.69, 9.17) is 0 Å². The maximum Gasteiger partial charge on any atom is 0.230 e. The van der Waals surface area contributed by atoms with Crippen LogP contribution in [0.2, 0.25) is 0 Å². The Labute approximate surface area is 186 Å². The minimum absolute atomic E-state index is 0.00640. The summed E-state index contributed by atoms with van der Waals surface area (Å²) < 4.78 is 25.4. The number of amides is 1. The van der Waals surface area contributed by atoms with Gasteiger partial charge in [-0.1, -0.05) is 25.1 Å². The standard InChI is InChI=1S/C20H28N4O3S3/c1-4-13-5-6-15-14(9-13)10-16(29-15)18-22-23-19(24(18)3)28-11-17(25)21-20(2)7-8-30(26,27)12-20/h10,13H,4-9,11-12H2,1-3H3,(H,21,25). The maximum atomic E-state index is 12.4. The summed E-state index contributed by atoms with van der Waals surface area (Å²) in [7, 11) is -1.13. The van der Waals surface area contributed by atoms with E-state index >= 15 is 0 Å². The molecule has 0 saturated carbocycles. The zero-order chi connectivity index (χ0) is 21.5. The number of carbonyl (C=O) groups is 1. The first-order valence-electron chi connectivity index (χ1n) is 10.3.